The van der Waals surface area contributed by atoms with E-state index in [0.29, 0.717) is 23.1 Å². The molecule has 0 saturated carbocycles. The normalized spacial score (nSPS) is 11.0. The molecule has 136 valence electrons. The number of H-pyrrole nitrogens is 1. The van der Waals surface area contributed by atoms with Gasteiger partial charge in [-0.2, -0.15) is 4.68 Å². The predicted molar refractivity (Wildman–Crippen MR) is 104 cm³/mol. The van der Waals surface area contributed by atoms with Gasteiger partial charge in [-0.05, 0) is 35.5 Å². The molecule has 0 spiro atoms. The molecule has 2 heterocycles. The smallest absolute Gasteiger partial charge is 0.214 e. The molecule has 27 heavy (non-hydrogen) atoms. The van der Waals surface area contributed by atoms with E-state index < -0.39 is 0 Å². The molecular formula is C19H17N5O2S. The molecule has 0 atom stereocenters. The first-order valence-corrected chi connectivity index (χ1v) is 9.49. The Kier molecular flexibility index (Phi) is 4.88. The van der Waals surface area contributed by atoms with Crippen molar-refractivity contribution in [2.45, 2.75) is 12.1 Å². The number of tetrazole rings is 1. The second kappa shape index (κ2) is 7.63. The van der Waals surface area contributed by atoms with Crippen LogP contribution in [-0.4, -0.2) is 43.3 Å². The number of hydrogen-bond acceptors (Lipinski definition) is 6. The second-order valence-corrected chi connectivity index (χ2v) is 6.68. The van der Waals surface area contributed by atoms with E-state index in [1.165, 1.54) is 11.8 Å². The van der Waals surface area contributed by atoms with E-state index >= 15 is 0 Å². The SMILES string of the molecule is CCOc1ccccc1-n1nnnc1SCC(=O)c1c[nH]c2ccccc12. The number of carbonyl (C=O) groups excluding carboxylic acids is 1. The number of thioether (sulfide) groups is 1. The number of nitrogens with one attached hydrogen (secondary N) is 1. The van der Waals surface area contributed by atoms with Crippen molar-refractivity contribution in [3.05, 3.63) is 60.3 Å². The van der Waals surface area contributed by atoms with Crippen molar-refractivity contribution in [2.75, 3.05) is 12.4 Å². The van der Waals surface area contributed by atoms with E-state index in [9.17, 15) is 4.79 Å². The number of ketones is 1. The van der Waals surface area contributed by atoms with E-state index in [1.54, 1.807) is 10.9 Å². The van der Waals surface area contributed by atoms with Crippen LogP contribution in [0.5, 0.6) is 5.75 Å². The average molecular weight is 379 g/mol. The molecule has 7 nitrogen and oxygen atoms in total. The topological polar surface area (TPSA) is 85.7 Å². The van der Waals surface area contributed by atoms with Crippen molar-refractivity contribution in [3.63, 3.8) is 0 Å². The highest BCUT2D eigenvalue weighted by Crippen LogP contribution is 2.27. The number of rotatable bonds is 7. The summed E-state index contributed by atoms with van der Waals surface area (Å²) in [6, 6.07) is 15.3. The number of carbonyl (C=O) groups is 1. The van der Waals surface area contributed by atoms with Gasteiger partial charge < -0.3 is 9.72 Å². The molecule has 0 amide bonds. The van der Waals surface area contributed by atoms with E-state index in [-0.39, 0.29) is 11.5 Å². The van der Waals surface area contributed by atoms with Crippen molar-refractivity contribution < 1.29 is 9.53 Å². The third kappa shape index (κ3) is 3.43. The van der Waals surface area contributed by atoms with Gasteiger partial charge in [0.25, 0.3) is 0 Å². The molecule has 0 radical (unpaired) electrons. The van der Waals surface area contributed by atoms with E-state index in [4.69, 9.17) is 4.74 Å². The van der Waals surface area contributed by atoms with Gasteiger partial charge in [0, 0.05) is 22.7 Å². The first-order chi connectivity index (χ1) is 13.3. The van der Waals surface area contributed by atoms with E-state index in [0.717, 1.165) is 16.6 Å². The number of aromatic nitrogens is 5. The van der Waals surface area contributed by atoms with Crippen LogP contribution in [-0.2, 0) is 0 Å². The third-order valence-electron chi connectivity index (χ3n) is 4.06. The fraction of sp³-hybridized carbons (Fsp3) is 0.158. The number of aromatic amines is 1. The molecule has 4 rings (SSSR count). The predicted octanol–water partition coefficient (Wildman–Crippen LogP) is 3.52. The van der Waals surface area contributed by atoms with Crippen molar-refractivity contribution >= 4 is 28.4 Å². The molecule has 1 N–H and O–H groups in total. The fourth-order valence-electron chi connectivity index (χ4n) is 2.84. The summed E-state index contributed by atoms with van der Waals surface area (Å²) in [5.74, 6) is 0.946. The van der Waals surface area contributed by atoms with Crippen LogP contribution in [0, 0.1) is 0 Å². The van der Waals surface area contributed by atoms with Crippen LogP contribution in [0.25, 0.3) is 16.6 Å². The van der Waals surface area contributed by atoms with E-state index in [1.807, 2.05) is 55.5 Å². The fourth-order valence-corrected chi connectivity index (χ4v) is 3.61. The van der Waals surface area contributed by atoms with Crippen LogP contribution in [0.3, 0.4) is 0 Å². The molecule has 2 aromatic carbocycles. The van der Waals surface area contributed by atoms with Gasteiger partial charge in [-0.1, -0.05) is 42.1 Å². The number of Topliss-reactive ketones (excluding diaryl/α,β-unsaturated/α-hetero) is 1. The Hall–Kier alpha value is -3.13. The van der Waals surface area contributed by atoms with Crippen molar-refractivity contribution in [3.8, 4) is 11.4 Å². The van der Waals surface area contributed by atoms with Gasteiger partial charge >= 0.3 is 0 Å². The van der Waals surface area contributed by atoms with Gasteiger partial charge in [0.15, 0.2) is 5.78 Å². The summed E-state index contributed by atoms with van der Waals surface area (Å²) in [5, 5.41) is 13.3. The maximum atomic E-state index is 12.7. The van der Waals surface area contributed by atoms with Crippen LogP contribution in [0.15, 0.2) is 59.9 Å². The largest absolute Gasteiger partial charge is 0.492 e. The number of benzene rings is 2. The highest BCUT2D eigenvalue weighted by Gasteiger charge is 2.17. The highest BCUT2D eigenvalue weighted by molar-refractivity contribution is 7.99. The van der Waals surface area contributed by atoms with Gasteiger partial charge in [-0.25, -0.2) is 0 Å². The zero-order chi connectivity index (χ0) is 18.6. The lowest BCUT2D eigenvalue weighted by molar-refractivity contribution is 0.102. The summed E-state index contributed by atoms with van der Waals surface area (Å²) >= 11 is 1.30. The molecule has 0 unspecified atom stereocenters. The summed E-state index contributed by atoms with van der Waals surface area (Å²) in [6.07, 6.45) is 1.75. The molecule has 2 aromatic heterocycles. The van der Waals surface area contributed by atoms with E-state index in [2.05, 4.69) is 20.5 Å². The highest BCUT2D eigenvalue weighted by atomic mass is 32.2. The number of nitrogens with zero attached hydrogens (tertiary/aromatic N) is 4. The molecule has 0 saturated heterocycles. The zero-order valence-corrected chi connectivity index (χ0v) is 15.4. The lowest BCUT2D eigenvalue weighted by Gasteiger charge is -2.10. The molecule has 0 aliphatic rings. The number of ether oxygens (including phenoxy) is 1. The Balaban J connectivity index is 1.55. The maximum Gasteiger partial charge on any atom is 0.214 e. The quantitative estimate of drug-likeness (QED) is 0.391. The molecule has 8 heteroatoms. The van der Waals surface area contributed by atoms with Gasteiger partial charge in [0.05, 0.1) is 12.4 Å². The third-order valence-corrected chi connectivity index (χ3v) is 4.98. The standard InChI is InChI=1S/C19H17N5O2S/c1-2-26-18-10-6-5-9-16(18)24-19(21-22-23-24)27-12-17(25)14-11-20-15-8-4-3-7-13(14)15/h3-11,20H,2,12H2,1H3. The Morgan fingerprint density at radius 3 is 2.89 bits per heavy atom. The summed E-state index contributed by atoms with van der Waals surface area (Å²) in [4.78, 5) is 15.8. The minimum absolute atomic E-state index is 0.0186. The van der Waals surface area contributed by atoms with Crippen LogP contribution in [0.4, 0.5) is 0 Å². The summed E-state index contributed by atoms with van der Waals surface area (Å²) in [7, 11) is 0. The Labute approximate surface area is 159 Å². The first kappa shape index (κ1) is 17.3. The monoisotopic (exact) mass is 379 g/mol. The minimum atomic E-state index is 0.0186. The van der Waals surface area contributed by atoms with Crippen LogP contribution >= 0.6 is 11.8 Å². The van der Waals surface area contributed by atoms with Crippen molar-refractivity contribution in [2.24, 2.45) is 0 Å². The van der Waals surface area contributed by atoms with Gasteiger partial charge in [-0.3, -0.25) is 4.79 Å². The van der Waals surface area contributed by atoms with Gasteiger partial charge in [-0.15, -0.1) is 5.10 Å². The first-order valence-electron chi connectivity index (χ1n) is 8.50. The van der Waals surface area contributed by atoms with Crippen LogP contribution in [0.1, 0.15) is 17.3 Å². The number of fused-ring (bicyclic) bond motifs is 1. The Morgan fingerprint density at radius 2 is 2.00 bits per heavy atom. The lowest BCUT2D eigenvalue weighted by atomic mass is 10.1. The molecule has 0 bridgehead atoms. The average Bonchev–Trinajstić information content (AvgIpc) is 3.34. The Bertz CT molecular complexity index is 1090. The number of hydrogen-bond donors (Lipinski definition) is 1. The molecular weight excluding hydrogens is 362 g/mol. The summed E-state index contributed by atoms with van der Waals surface area (Å²) in [6.45, 7) is 2.46. The zero-order valence-electron chi connectivity index (χ0n) is 14.6. The van der Waals surface area contributed by atoms with Crippen LogP contribution in [0.2, 0.25) is 0 Å². The molecule has 0 aliphatic carbocycles. The molecule has 4 aromatic rings. The van der Waals surface area contributed by atoms with Crippen molar-refractivity contribution in [1.29, 1.82) is 0 Å². The molecule has 0 aliphatic heterocycles. The molecule has 0 fully saturated rings. The van der Waals surface area contributed by atoms with Gasteiger partial charge in [0.1, 0.15) is 11.4 Å². The van der Waals surface area contributed by atoms with Crippen molar-refractivity contribution in [1.82, 2.24) is 25.2 Å². The minimum Gasteiger partial charge on any atom is -0.492 e. The second-order valence-electron chi connectivity index (χ2n) is 5.73. The number of para-hydroxylation sites is 3. The van der Waals surface area contributed by atoms with Gasteiger partial charge in [0.2, 0.25) is 5.16 Å². The lowest BCUT2D eigenvalue weighted by Crippen LogP contribution is -2.06. The van der Waals surface area contributed by atoms with Crippen LogP contribution < -0.4 is 4.74 Å². The summed E-state index contributed by atoms with van der Waals surface area (Å²) in [5.41, 5.74) is 2.36. The Morgan fingerprint density at radius 1 is 1.19 bits per heavy atom. The maximum absolute atomic E-state index is 12.7. The summed E-state index contributed by atoms with van der Waals surface area (Å²) < 4.78 is 7.25.